The molecule has 1 unspecified atom stereocenters. The number of halogens is 1. The first kappa shape index (κ1) is 20.4. The molecule has 3 aromatic rings. The number of aromatic amines is 1. The summed E-state index contributed by atoms with van der Waals surface area (Å²) in [7, 11) is 0. The lowest BCUT2D eigenvalue weighted by Crippen LogP contribution is -2.44. The lowest BCUT2D eigenvalue weighted by atomic mass is 9.85. The van der Waals surface area contributed by atoms with Gasteiger partial charge in [-0.05, 0) is 49.4 Å². The van der Waals surface area contributed by atoms with Gasteiger partial charge in [0.2, 0.25) is 5.95 Å². The average Bonchev–Trinajstić information content (AvgIpc) is 3.22. The summed E-state index contributed by atoms with van der Waals surface area (Å²) in [6.45, 7) is 4.35. The molecular formula is C25H31FN4O. The van der Waals surface area contributed by atoms with Gasteiger partial charge in [0, 0.05) is 18.1 Å². The maximum absolute atomic E-state index is 15.0. The van der Waals surface area contributed by atoms with Gasteiger partial charge < -0.3 is 14.6 Å². The molecule has 0 spiro atoms. The summed E-state index contributed by atoms with van der Waals surface area (Å²) < 4.78 is 20.7. The van der Waals surface area contributed by atoms with Gasteiger partial charge in [0.1, 0.15) is 5.82 Å². The van der Waals surface area contributed by atoms with E-state index in [1.165, 1.54) is 50.5 Å². The highest BCUT2D eigenvalue weighted by Gasteiger charge is 2.24. The Balaban J connectivity index is 1.63. The van der Waals surface area contributed by atoms with Crippen molar-refractivity contribution in [1.82, 2.24) is 15.0 Å². The van der Waals surface area contributed by atoms with E-state index in [1.54, 1.807) is 6.20 Å². The van der Waals surface area contributed by atoms with Crippen LogP contribution in [-0.2, 0) is 4.74 Å². The Hall–Kier alpha value is -2.47. The average molecular weight is 423 g/mol. The van der Waals surface area contributed by atoms with Crippen LogP contribution in [0, 0.1) is 5.95 Å². The fourth-order valence-electron chi connectivity index (χ4n) is 5.15. The van der Waals surface area contributed by atoms with Crippen LogP contribution in [0.2, 0.25) is 0 Å². The second-order valence-electron chi connectivity index (χ2n) is 9.03. The van der Waals surface area contributed by atoms with Gasteiger partial charge in [-0.1, -0.05) is 32.1 Å². The second-order valence-corrected chi connectivity index (χ2v) is 9.03. The number of rotatable bonds is 3. The molecule has 5 rings (SSSR count). The molecule has 1 saturated carbocycles. The number of morpholine rings is 1. The predicted octanol–water partition coefficient (Wildman–Crippen LogP) is 5.82. The Morgan fingerprint density at radius 2 is 1.94 bits per heavy atom. The number of H-pyrrole nitrogens is 1. The molecule has 5 nitrogen and oxygen atoms in total. The van der Waals surface area contributed by atoms with Gasteiger partial charge in [-0.3, -0.25) is 0 Å². The quantitative estimate of drug-likeness (QED) is 0.541. The van der Waals surface area contributed by atoms with Crippen LogP contribution in [-0.4, -0.2) is 40.8 Å². The van der Waals surface area contributed by atoms with E-state index in [0.29, 0.717) is 30.4 Å². The number of pyridine rings is 2. The summed E-state index contributed by atoms with van der Waals surface area (Å²) in [5, 5.41) is 0.829. The SMILES string of the molecule is CC1COCCN1c1cc(C2CCCCCCC2)cc(-c2c(F)ncc3[nH]ccc23)n1. The van der Waals surface area contributed by atoms with E-state index in [4.69, 9.17) is 9.72 Å². The first-order chi connectivity index (χ1) is 15.2. The van der Waals surface area contributed by atoms with Gasteiger partial charge in [0.15, 0.2) is 0 Å². The summed E-state index contributed by atoms with van der Waals surface area (Å²) in [5.74, 6) is 0.964. The number of nitrogens with one attached hydrogen (secondary N) is 1. The molecule has 4 heterocycles. The second kappa shape index (κ2) is 8.95. The summed E-state index contributed by atoms with van der Waals surface area (Å²) in [4.78, 5) is 14.5. The van der Waals surface area contributed by atoms with E-state index in [2.05, 4.69) is 33.9 Å². The minimum atomic E-state index is -0.463. The van der Waals surface area contributed by atoms with Crippen molar-refractivity contribution in [3.8, 4) is 11.3 Å². The van der Waals surface area contributed by atoms with Crippen molar-refractivity contribution in [2.24, 2.45) is 0 Å². The predicted molar refractivity (Wildman–Crippen MR) is 122 cm³/mol. The third kappa shape index (κ3) is 4.18. The number of fused-ring (bicyclic) bond motifs is 1. The molecule has 1 aliphatic heterocycles. The fourth-order valence-corrected chi connectivity index (χ4v) is 5.15. The van der Waals surface area contributed by atoms with Crippen LogP contribution in [0.1, 0.15) is 63.4 Å². The number of hydrogen-bond donors (Lipinski definition) is 1. The number of ether oxygens (including phenoxy) is 1. The monoisotopic (exact) mass is 422 g/mol. The minimum Gasteiger partial charge on any atom is -0.377 e. The fraction of sp³-hybridized carbons (Fsp3) is 0.520. The molecule has 3 aromatic heterocycles. The Morgan fingerprint density at radius 1 is 1.13 bits per heavy atom. The highest BCUT2D eigenvalue weighted by Crippen LogP contribution is 2.37. The molecular weight excluding hydrogens is 391 g/mol. The smallest absolute Gasteiger partial charge is 0.223 e. The third-order valence-corrected chi connectivity index (χ3v) is 6.89. The van der Waals surface area contributed by atoms with Crippen molar-refractivity contribution in [3.63, 3.8) is 0 Å². The molecule has 2 aliphatic rings. The van der Waals surface area contributed by atoms with Crippen molar-refractivity contribution in [1.29, 1.82) is 0 Å². The van der Waals surface area contributed by atoms with Crippen molar-refractivity contribution in [3.05, 3.63) is 42.1 Å². The third-order valence-electron chi connectivity index (χ3n) is 6.89. The molecule has 164 valence electrons. The number of hydrogen-bond acceptors (Lipinski definition) is 4. The van der Waals surface area contributed by atoms with Crippen molar-refractivity contribution in [2.45, 2.75) is 63.8 Å². The highest BCUT2D eigenvalue weighted by atomic mass is 19.1. The molecule has 6 heteroatoms. The zero-order valence-corrected chi connectivity index (χ0v) is 18.2. The van der Waals surface area contributed by atoms with Gasteiger partial charge in [-0.15, -0.1) is 0 Å². The maximum Gasteiger partial charge on any atom is 0.223 e. The van der Waals surface area contributed by atoms with Gasteiger partial charge in [0.05, 0.1) is 42.2 Å². The highest BCUT2D eigenvalue weighted by molar-refractivity contribution is 5.93. The van der Waals surface area contributed by atoms with Gasteiger partial charge >= 0.3 is 0 Å². The zero-order valence-electron chi connectivity index (χ0n) is 18.2. The molecule has 2 fully saturated rings. The molecule has 1 N–H and O–H groups in total. The van der Waals surface area contributed by atoms with Gasteiger partial charge in [-0.25, -0.2) is 9.97 Å². The van der Waals surface area contributed by atoms with Crippen LogP contribution in [0.5, 0.6) is 0 Å². The molecule has 0 aromatic carbocycles. The van der Waals surface area contributed by atoms with Crippen LogP contribution >= 0.6 is 0 Å². The first-order valence-corrected chi connectivity index (χ1v) is 11.7. The van der Waals surface area contributed by atoms with E-state index in [1.807, 2.05) is 12.3 Å². The molecule has 1 aliphatic carbocycles. The van der Waals surface area contributed by atoms with Gasteiger partial charge in [-0.2, -0.15) is 4.39 Å². The number of nitrogens with zero attached hydrogens (tertiary/aromatic N) is 3. The molecule has 0 radical (unpaired) electrons. The summed E-state index contributed by atoms with van der Waals surface area (Å²) in [6, 6.07) is 6.53. The molecule has 31 heavy (non-hydrogen) atoms. The van der Waals surface area contributed by atoms with E-state index >= 15 is 4.39 Å². The summed E-state index contributed by atoms with van der Waals surface area (Å²) >= 11 is 0. The topological polar surface area (TPSA) is 54.0 Å². The van der Waals surface area contributed by atoms with Crippen LogP contribution in [0.4, 0.5) is 10.2 Å². The normalized spacial score (nSPS) is 21.2. The number of aromatic nitrogens is 3. The Kier molecular flexibility index (Phi) is 5.90. The lowest BCUT2D eigenvalue weighted by Gasteiger charge is -2.35. The Labute approximate surface area is 183 Å². The minimum absolute atomic E-state index is 0.243. The summed E-state index contributed by atoms with van der Waals surface area (Å²) in [6.07, 6.45) is 12.2. The molecule has 1 saturated heterocycles. The maximum atomic E-state index is 15.0. The molecule has 0 bridgehead atoms. The van der Waals surface area contributed by atoms with E-state index < -0.39 is 5.95 Å². The summed E-state index contributed by atoms with van der Waals surface area (Å²) in [5.41, 5.74) is 3.29. The van der Waals surface area contributed by atoms with Crippen LogP contribution in [0.15, 0.2) is 30.6 Å². The first-order valence-electron chi connectivity index (χ1n) is 11.7. The van der Waals surface area contributed by atoms with Crippen molar-refractivity contribution < 1.29 is 9.13 Å². The van der Waals surface area contributed by atoms with Crippen molar-refractivity contribution in [2.75, 3.05) is 24.7 Å². The zero-order chi connectivity index (χ0) is 21.2. The number of anilines is 1. The Morgan fingerprint density at radius 3 is 2.74 bits per heavy atom. The molecule has 1 atom stereocenters. The van der Waals surface area contributed by atoms with Crippen molar-refractivity contribution >= 4 is 16.7 Å². The standard InChI is InChI=1S/C25H31FN4O/c1-17-16-31-12-11-30(17)23-14-19(18-7-5-3-2-4-6-8-18)13-21(29-23)24-20-9-10-27-22(20)15-28-25(24)26/h9-10,13-15,17-18,27H,2-8,11-12,16H2,1H3. The van der Waals surface area contributed by atoms with Crippen LogP contribution in [0.25, 0.3) is 22.2 Å². The van der Waals surface area contributed by atoms with Crippen LogP contribution < -0.4 is 4.90 Å². The molecule has 0 amide bonds. The van der Waals surface area contributed by atoms with Gasteiger partial charge in [0.25, 0.3) is 0 Å². The van der Waals surface area contributed by atoms with E-state index in [-0.39, 0.29) is 6.04 Å². The lowest BCUT2D eigenvalue weighted by molar-refractivity contribution is 0.0985. The van der Waals surface area contributed by atoms with E-state index in [0.717, 1.165) is 23.3 Å². The Bertz CT molecular complexity index is 1040. The van der Waals surface area contributed by atoms with Crippen LogP contribution in [0.3, 0.4) is 0 Å². The largest absolute Gasteiger partial charge is 0.377 e. The van der Waals surface area contributed by atoms with E-state index in [9.17, 15) is 0 Å².